The average molecular weight is 237 g/mol. The van der Waals surface area contributed by atoms with Crippen molar-refractivity contribution in [3.63, 3.8) is 0 Å². The van der Waals surface area contributed by atoms with E-state index in [4.69, 9.17) is 4.74 Å². The number of rotatable bonds is 4. The molecule has 0 bridgehead atoms. The van der Waals surface area contributed by atoms with Crippen molar-refractivity contribution >= 4 is 0 Å². The number of morpholine rings is 1. The third-order valence-corrected chi connectivity index (χ3v) is 3.29. The third-order valence-electron chi connectivity index (χ3n) is 3.29. The number of nitrogens with zero attached hydrogens (tertiary/aromatic N) is 1. The third kappa shape index (κ3) is 3.56. The summed E-state index contributed by atoms with van der Waals surface area (Å²) in [4.78, 5) is 5.64. The summed E-state index contributed by atoms with van der Waals surface area (Å²) in [5, 5.41) is 3.47. The average Bonchev–Trinajstić information content (AvgIpc) is 2.58. The maximum atomic E-state index is 5.71. The van der Waals surface area contributed by atoms with Crippen LogP contribution in [0.4, 0.5) is 0 Å². The van der Waals surface area contributed by atoms with Crippen LogP contribution < -0.4 is 5.32 Å². The zero-order valence-electron chi connectivity index (χ0n) is 11.0. The molecule has 1 atom stereocenters. The number of aryl methyl sites for hydroxylation is 2. The van der Waals surface area contributed by atoms with E-state index in [1.165, 1.54) is 17.0 Å². The van der Waals surface area contributed by atoms with Crippen molar-refractivity contribution in [2.45, 2.75) is 26.5 Å². The lowest BCUT2D eigenvalue weighted by atomic mass is 10.2. The molecule has 1 unspecified atom stereocenters. The van der Waals surface area contributed by atoms with Crippen LogP contribution in [0.2, 0.25) is 0 Å². The van der Waals surface area contributed by atoms with Gasteiger partial charge in [0, 0.05) is 37.6 Å². The van der Waals surface area contributed by atoms with Gasteiger partial charge < -0.3 is 19.9 Å². The fourth-order valence-electron chi connectivity index (χ4n) is 2.32. The molecule has 0 amide bonds. The lowest BCUT2D eigenvalue weighted by Crippen LogP contribution is -2.44. The van der Waals surface area contributed by atoms with Crippen molar-refractivity contribution in [2.24, 2.45) is 0 Å². The second kappa shape index (κ2) is 5.67. The Morgan fingerprint density at radius 1 is 1.53 bits per heavy atom. The van der Waals surface area contributed by atoms with Gasteiger partial charge in [0.2, 0.25) is 0 Å². The van der Waals surface area contributed by atoms with Gasteiger partial charge in [-0.2, -0.15) is 0 Å². The number of aromatic nitrogens is 1. The molecule has 1 fully saturated rings. The molecule has 0 aliphatic carbocycles. The molecule has 2 heterocycles. The van der Waals surface area contributed by atoms with Gasteiger partial charge in [0.25, 0.3) is 0 Å². The molecule has 17 heavy (non-hydrogen) atoms. The summed E-state index contributed by atoms with van der Waals surface area (Å²) in [7, 11) is 2.15. The smallest absolute Gasteiger partial charge is 0.0826 e. The van der Waals surface area contributed by atoms with Crippen LogP contribution in [0.5, 0.6) is 0 Å². The zero-order chi connectivity index (χ0) is 12.3. The number of nitrogens with one attached hydrogen (secondary N) is 2. The minimum absolute atomic E-state index is 0.328. The Morgan fingerprint density at radius 3 is 3.00 bits per heavy atom. The lowest BCUT2D eigenvalue weighted by molar-refractivity contribution is -0.0182. The molecular weight excluding hydrogens is 214 g/mol. The maximum absolute atomic E-state index is 5.71. The molecule has 0 spiro atoms. The standard InChI is InChI=1S/C13H23N3O/c1-10-6-12(11(2)15-10)7-14-8-13-9-16(3)4-5-17-13/h6,13-15H,4-5,7-9H2,1-3H3. The fraction of sp³-hybridized carbons (Fsp3) is 0.692. The second-order valence-corrected chi connectivity index (χ2v) is 4.99. The van der Waals surface area contributed by atoms with Gasteiger partial charge >= 0.3 is 0 Å². The monoisotopic (exact) mass is 237 g/mol. The van der Waals surface area contributed by atoms with E-state index in [9.17, 15) is 0 Å². The topological polar surface area (TPSA) is 40.3 Å². The highest BCUT2D eigenvalue weighted by Crippen LogP contribution is 2.09. The Labute approximate surface area is 103 Å². The fourth-order valence-corrected chi connectivity index (χ4v) is 2.32. The Bertz CT molecular complexity index is 362. The summed E-state index contributed by atoms with van der Waals surface area (Å²) >= 11 is 0. The number of hydrogen-bond donors (Lipinski definition) is 2. The van der Waals surface area contributed by atoms with Crippen LogP contribution >= 0.6 is 0 Å². The molecule has 1 saturated heterocycles. The Balaban J connectivity index is 1.74. The largest absolute Gasteiger partial charge is 0.374 e. The molecular formula is C13H23N3O. The number of aromatic amines is 1. The van der Waals surface area contributed by atoms with Crippen LogP contribution in [-0.4, -0.2) is 49.3 Å². The van der Waals surface area contributed by atoms with Gasteiger partial charge in [-0.15, -0.1) is 0 Å². The Hall–Kier alpha value is -0.840. The second-order valence-electron chi connectivity index (χ2n) is 4.99. The number of ether oxygens (including phenoxy) is 1. The quantitative estimate of drug-likeness (QED) is 0.822. The first-order valence-corrected chi connectivity index (χ1v) is 6.31. The molecule has 96 valence electrons. The molecule has 4 heteroatoms. The first-order chi connectivity index (χ1) is 8.15. The summed E-state index contributed by atoms with van der Waals surface area (Å²) in [6.45, 7) is 8.98. The molecule has 1 aromatic heterocycles. The SMILES string of the molecule is Cc1cc(CNCC2CN(C)CCO2)c(C)[nH]1. The van der Waals surface area contributed by atoms with Crippen molar-refractivity contribution in [3.8, 4) is 0 Å². The van der Waals surface area contributed by atoms with E-state index in [1.807, 2.05) is 0 Å². The summed E-state index contributed by atoms with van der Waals surface area (Å²) in [5.74, 6) is 0. The van der Waals surface area contributed by atoms with E-state index in [0.717, 1.165) is 32.8 Å². The molecule has 1 aromatic rings. The molecule has 2 rings (SSSR count). The minimum Gasteiger partial charge on any atom is -0.374 e. The molecule has 0 saturated carbocycles. The van der Waals surface area contributed by atoms with Crippen LogP contribution in [0, 0.1) is 13.8 Å². The van der Waals surface area contributed by atoms with Crippen LogP contribution in [0.25, 0.3) is 0 Å². The van der Waals surface area contributed by atoms with Crippen molar-refractivity contribution in [2.75, 3.05) is 33.3 Å². The van der Waals surface area contributed by atoms with Crippen LogP contribution in [-0.2, 0) is 11.3 Å². The van der Waals surface area contributed by atoms with Crippen molar-refractivity contribution < 1.29 is 4.74 Å². The van der Waals surface area contributed by atoms with Gasteiger partial charge in [-0.25, -0.2) is 0 Å². The highest BCUT2D eigenvalue weighted by atomic mass is 16.5. The predicted octanol–water partition coefficient (Wildman–Crippen LogP) is 1.05. The highest BCUT2D eigenvalue weighted by molar-refractivity contribution is 5.23. The van der Waals surface area contributed by atoms with Gasteiger partial charge in [0.15, 0.2) is 0 Å². The summed E-state index contributed by atoms with van der Waals surface area (Å²) in [6, 6.07) is 2.20. The first-order valence-electron chi connectivity index (χ1n) is 6.31. The molecule has 0 radical (unpaired) electrons. The van der Waals surface area contributed by atoms with Crippen LogP contribution in [0.1, 0.15) is 17.0 Å². The Kier molecular flexibility index (Phi) is 4.20. The molecule has 1 aliphatic heterocycles. The van der Waals surface area contributed by atoms with Crippen molar-refractivity contribution in [1.82, 2.24) is 15.2 Å². The van der Waals surface area contributed by atoms with Gasteiger partial charge in [-0.1, -0.05) is 0 Å². The van der Waals surface area contributed by atoms with Crippen molar-refractivity contribution in [1.29, 1.82) is 0 Å². The van der Waals surface area contributed by atoms with E-state index < -0.39 is 0 Å². The van der Waals surface area contributed by atoms with E-state index in [2.05, 4.69) is 42.2 Å². The summed E-state index contributed by atoms with van der Waals surface area (Å²) in [5.41, 5.74) is 3.84. The molecule has 4 nitrogen and oxygen atoms in total. The van der Waals surface area contributed by atoms with Crippen LogP contribution in [0.15, 0.2) is 6.07 Å². The maximum Gasteiger partial charge on any atom is 0.0826 e. The summed E-state index contributed by atoms with van der Waals surface area (Å²) < 4.78 is 5.71. The van der Waals surface area contributed by atoms with Crippen molar-refractivity contribution in [3.05, 3.63) is 23.0 Å². The molecule has 0 aromatic carbocycles. The van der Waals surface area contributed by atoms with E-state index in [0.29, 0.717) is 6.10 Å². The van der Waals surface area contributed by atoms with Gasteiger partial charge in [-0.05, 0) is 32.5 Å². The normalized spacial score (nSPS) is 21.9. The molecule has 2 N–H and O–H groups in total. The predicted molar refractivity (Wildman–Crippen MR) is 69.2 cm³/mol. The number of hydrogen-bond acceptors (Lipinski definition) is 3. The lowest BCUT2D eigenvalue weighted by Gasteiger charge is -2.30. The zero-order valence-corrected chi connectivity index (χ0v) is 11.0. The minimum atomic E-state index is 0.328. The summed E-state index contributed by atoms with van der Waals surface area (Å²) in [6.07, 6.45) is 0.328. The van der Waals surface area contributed by atoms with E-state index in [1.54, 1.807) is 0 Å². The molecule has 1 aliphatic rings. The highest BCUT2D eigenvalue weighted by Gasteiger charge is 2.16. The van der Waals surface area contributed by atoms with E-state index in [-0.39, 0.29) is 0 Å². The van der Waals surface area contributed by atoms with Gasteiger partial charge in [0.05, 0.1) is 12.7 Å². The van der Waals surface area contributed by atoms with Gasteiger partial charge in [0.1, 0.15) is 0 Å². The van der Waals surface area contributed by atoms with Gasteiger partial charge in [-0.3, -0.25) is 0 Å². The first kappa shape index (κ1) is 12.6. The Morgan fingerprint density at radius 2 is 2.35 bits per heavy atom. The number of likely N-dealkylation sites (N-methyl/N-ethyl adjacent to an activating group) is 1. The van der Waals surface area contributed by atoms with E-state index >= 15 is 0 Å². The number of H-pyrrole nitrogens is 1. The van der Waals surface area contributed by atoms with Crippen LogP contribution in [0.3, 0.4) is 0 Å².